The largest absolute Gasteiger partial charge is 0.492 e. The Morgan fingerprint density at radius 2 is 0.970 bits per heavy atom. The van der Waals surface area contributed by atoms with Crippen LogP contribution in [-0.2, 0) is 6.42 Å². The number of nitrogens with zero attached hydrogens (tertiary/aromatic N) is 2. The van der Waals surface area contributed by atoms with E-state index in [4.69, 9.17) is 9.47 Å². The van der Waals surface area contributed by atoms with E-state index in [1.54, 1.807) is 0 Å². The number of hydrogen-bond acceptors (Lipinski definition) is 4. The third kappa shape index (κ3) is 7.48. The topological polar surface area (TPSA) is 24.9 Å². The van der Waals surface area contributed by atoms with Crippen molar-refractivity contribution in [1.29, 1.82) is 0 Å². The molecule has 1 aliphatic rings. The molecule has 4 heteroatoms. The minimum Gasteiger partial charge on any atom is -0.492 e. The van der Waals surface area contributed by atoms with Gasteiger partial charge >= 0.3 is 0 Å². The SMILES string of the molecule is CCCN(CCC)CCOc1ccc2c(c1)-c1cc(OCCN(CCC)CCC)ccc1C2. The van der Waals surface area contributed by atoms with Gasteiger partial charge in [0.05, 0.1) is 0 Å². The number of rotatable bonds is 16. The highest BCUT2D eigenvalue weighted by molar-refractivity contribution is 5.78. The first-order valence-electron chi connectivity index (χ1n) is 13.1. The molecule has 0 fully saturated rings. The molecule has 2 aromatic carbocycles. The molecular formula is C29H44N2O2. The highest BCUT2D eigenvalue weighted by atomic mass is 16.5. The molecule has 0 amide bonds. The second-order valence-corrected chi connectivity index (χ2v) is 9.19. The summed E-state index contributed by atoms with van der Waals surface area (Å²) >= 11 is 0. The van der Waals surface area contributed by atoms with Crippen LogP contribution in [0.3, 0.4) is 0 Å². The second kappa shape index (κ2) is 13.6. The molecule has 2 aromatic rings. The van der Waals surface area contributed by atoms with Crippen molar-refractivity contribution in [2.45, 2.75) is 59.8 Å². The molecule has 0 spiro atoms. The fraction of sp³-hybridized carbons (Fsp3) is 0.586. The van der Waals surface area contributed by atoms with E-state index >= 15 is 0 Å². The smallest absolute Gasteiger partial charge is 0.120 e. The number of fused-ring (bicyclic) bond motifs is 3. The molecule has 0 heterocycles. The Hall–Kier alpha value is -2.04. The number of benzene rings is 2. The molecule has 182 valence electrons. The van der Waals surface area contributed by atoms with E-state index in [2.05, 4.69) is 73.9 Å². The third-order valence-electron chi connectivity index (χ3n) is 6.35. The van der Waals surface area contributed by atoms with E-state index in [1.165, 1.54) is 47.9 Å². The Balaban J connectivity index is 1.60. The lowest BCUT2D eigenvalue weighted by Gasteiger charge is -2.21. The normalized spacial score (nSPS) is 12.3. The summed E-state index contributed by atoms with van der Waals surface area (Å²) in [4.78, 5) is 4.99. The van der Waals surface area contributed by atoms with Crippen LogP contribution in [0.4, 0.5) is 0 Å². The van der Waals surface area contributed by atoms with Crippen molar-refractivity contribution in [3.05, 3.63) is 47.5 Å². The fourth-order valence-corrected chi connectivity index (χ4v) is 4.83. The summed E-state index contributed by atoms with van der Waals surface area (Å²) in [7, 11) is 0. The van der Waals surface area contributed by atoms with Gasteiger partial charge in [-0.05, 0) is 105 Å². The monoisotopic (exact) mass is 452 g/mol. The van der Waals surface area contributed by atoms with Crippen LogP contribution in [0.5, 0.6) is 11.5 Å². The van der Waals surface area contributed by atoms with Crippen molar-refractivity contribution >= 4 is 0 Å². The molecule has 0 aromatic heterocycles. The molecule has 0 N–H and O–H groups in total. The average molecular weight is 453 g/mol. The van der Waals surface area contributed by atoms with Crippen LogP contribution in [-0.4, -0.2) is 62.3 Å². The third-order valence-corrected chi connectivity index (χ3v) is 6.35. The molecule has 0 bridgehead atoms. The Morgan fingerprint density at radius 1 is 0.576 bits per heavy atom. The van der Waals surface area contributed by atoms with Gasteiger partial charge < -0.3 is 9.47 Å². The molecule has 1 aliphatic carbocycles. The van der Waals surface area contributed by atoms with Gasteiger partial charge in [0.1, 0.15) is 24.7 Å². The Morgan fingerprint density at radius 3 is 1.33 bits per heavy atom. The maximum absolute atomic E-state index is 6.16. The quantitative estimate of drug-likeness (QED) is 0.256. The second-order valence-electron chi connectivity index (χ2n) is 9.19. The van der Waals surface area contributed by atoms with E-state index in [-0.39, 0.29) is 0 Å². The van der Waals surface area contributed by atoms with Crippen LogP contribution in [0, 0.1) is 0 Å². The first-order valence-corrected chi connectivity index (χ1v) is 13.1. The van der Waals surface area contributed by atoms with E-state index in [0.29, 0.717) is 0 Å². The lowest BCUT2D eigenvalue weighted by Crippen LogP contribution is -2.30. The van der Waals surface area contributed by atoms with Crippen LogP contribution >= 0.6 is 0 Å². The zero-order valence-corrected chi connectivity index (χ0v) is 21.4. The number of ether oxygens (including phenoxy) is 2. The van der Waals surface area contributed by atoms with Gasteiger partial charge in [-0.3, -0.25) is 9.80 Å². The predicted molar refractivity (Wildman–Crippen MR) is 140 cm³/mol. The van der Waals surface area contributed by atoms with Crippen molar-refractivity contribution in [3.63, 3.8) is 0 Å². The average Bonchev–Trinajstić information content (AvgIpc) is 3.17. The summed E-state index contributed by atoms with van der Waals surface area (Å²) in [6, 6.07) is 13.2. The van der Waals surface area contributed by atoms with E-state index in [0.717, 1.165) is 70.4 Å². The highest BCUT2D eigenvalue weighted by Crippen LogP contribution is 2.40. The molecule has 4 nitrogen and oxygen atoms in total. The van der Waals surface area contributed by atoms with Gasteiger partial charge in [-0.2, -0.15) is 0 Å². The Bertz CT molecular complexity index is 770. The number of hydrogen-bond donors (Lipinski definition) is 0. The van der Waals surface area contributed by atoms with Crippen LogP contribution in [0.15, 0.2) is 36.4 Å². The van der Waals surface area contributed by atoms with Crippen LogP contribution < -0.4 is 9.47 Å². The fourth-order valence-electron chi connectivity index (χ4n) is 4.83. The summed E-state index contributed by atoms with van der Waals surface area (Å²) in [5.74, 6) is 1.94. The summed E-state index contributed by atoms with van der Waals surface area (Å²) in [5, 5.41) is 0. The van der Waals surface area contributed by atoms with Gasteiger partial charge in [0, 0.05) is 13.1 Å². The van der Waals surface area contributed by atoms with Crippen molar-refractivity contribution in [1.82, 2.24) is 9.80 Å². The summed E-state index contributed by atoms with van der Waals surface area (Å²) in [6.45, 7) is 17.0. The van der Waals surface area contributed by atoms with Crippen molar-refractivity contribution < 1.29 is 9.47 Å². The zero-order valence-electron chi connectivity index (χ0n) is 21.4. The van der Waals surface area contributed by atoms with Crippen LogP contribution in [0.2, 0.25) is 0 Å². The molecule has 0 atom stereocenters. The standard InChI is InChI=1S/C29H44N2O2/c1-5-13-30(14-6-2)17-19-32-26-11-9-24-21-25-10-12-27(23-29(25)28(24)22-26)33-20-18-31(15-7-3)16-8-4/h9-12,22-23H,5-8,13-21H2,1-4H3. The first-order chi connectivity index (χ1) is 16.2. The predicted octanol–water partition coefficient (Wildman–Crippen LogP) is 6.26. The van der Waals surface area contributed by atoms with Crippen LogP contribution in [0.25, 0.3) is 11.1 Å². The molecule has 3 rings (SSSR count). The van der Waals surface area contributed by atoms with Gasteiger partial charge in [-0.1, -0.05) is 39.8 Å². The molecular weight excluding hydrogens is 408 g/mol. The van der Waals surface area contributed by atoms with Gasteiger partial charge in [-0.15, -0.1) is 0 Å². The van der Waals surface area contributed by atoms with Gasteiger partial charge in [0.15, 0.2) is 0 Å². The first kappa shape index (κ1) is 25.6. The van der Waals surface area contributed by atoms with E-state index in [9.17, 15) is 0 Å². The van der Waals surface area contributed by atoms with Gasteiger partial charge in [0.25, 0.3) is 0 Å². The summed E-state index contributed by atoms with van der Waals surface area (Å²) in [5.41, 5.74) is 5.35. The van der Waals surface area contributed by atoms with Crippen molar-refractivity contribution in [2.24, 2.45) is 0 Å². The van der Waals surface area contributed by atoms with Crippen LogP contribution in [0.1, 0.15) is 64.5 Å². The zero-order chi connectivity index (χ0) is 23.5. The van der Waals surface area contributed by atoms with Crippen molar-refractivity contribution in [2.75, 3.05) is 52.5 Å². The summed E-state index contributed by atoms with van der Waals surface area (Å²) in [6.07, 6.45) is 5.75. The van der Waals surface area contributed by atoms with Gasteiger partial charge in [0.2, 0.25) is 0 Å². The molecule has 0 saturated carbocycles. The lowest BCUT2D eigenvalue weighted by molar-refractivity contribution is 0.209. The Kier molecular flexibility index (Phi) is 10.6. The lowest BCUT2D eigenvalue weighted by atomic mass is 10.1. The minimum atomic E-state index is 0.737. The molecule has 0 saturated heterocycles. The Labute approximate surface area is 201 Å². The minimum absolute atomic E-state index is 0.737. The van der Waals surface area contributed by atoms with E-state index in [1.807, 2.05) is 0 Å². The maximum Gasteiger partial charge on any atom is 0.120 e. The molecule has 0 unspecified atom stereocenters. The molecule has 0 radical (unpaired) electrons. The highest BCUT2D eigenvalue weighted by Gasteiger charge is 2.20. The van der Waals surface area contributed by atoms with Crippen molar-refractivity contribution in [3.8, 4) is 22.6 Å². The molecule has 0 aliphatic heterocycles. The summed E-state index contributed by atoms with van der Waals surface area (Å²) < 4.78 is 12.3. The molecule has 33 heavy (non-hydrogen) atoms. The van der Waals surface area contributed by atoms with E-state index < -0.39 is 0 Å². The maximum atomic E-state index is 6.16. The van der Waals surface area contributed by atoms with Gasteiger partial charge in [-0.25, -0.2) is 0 Å².